The van der Waals surface area contributed by atoms with Crippen molar-refractivity contribution in [3.8, 4) is 0 Å². The first-order chi connectivity index (χ1) is 13.7. The molecule has 0 radical (unpaired) electrons. The van der Waals surface area contributed by atoms with Crippen molar-refractivity contribution in [3.05, 3.63) is 59.1 Å². The number of rotatable bonds is 6. The monoisotopic (exact) mass is 396 g/mol. The van der Waals surface area contributed by atoms with Gasteiger partial charge < -0.3 is 9.47 Å². The second-order valence-electron chi connectivity index (χ2n) is 7.47. The quantitative estimate of drug-likeness (QED) is 0.534. The van der Waals surface area contributed by atoms with E-state index in [-0.39, 0.29) is 11.2 Å². The largest absolute Gasteiger partial charge is 0.333 e. The molecular formula is C22H25ClN4O. The Hall–Kier alpha value is -2.40. The predicted octanol–water partition coefficient (Wildman–Crippen LogP) is 5.25. The number of amides is 1. The molecule has 0 spiro atoms. The summed E-state index contributed by atoms with van der Waals surface area (Å²) < 4.78 is 2.12. The summed E-state index contributed by atoms with van der Waals surface area (Å²) in [4.78, 5) is 24.1. The Balaban J connectivity index is 1.75. The molecule has 6 heteroatoms. The second-order valence-corrected chi connectivity index (χ2v) is 7.81. The number of fused-ring (bicyclic) bond motifs is 1. The molecule has 4 rings (SSSR count). The van der Waals surface area contributed by atoms with Gasteiger partial charge in [0, 0.05) is 30.7 Å². The Morgan fingerprint density at radius 1 is 1.25 bits per heavy atom. The van der Waals surface area contributed by atoms with Crippen molar-refractivity contribution in [2.24, 2.45) is 0 Å². The highest BCUT2D eigenvalue weighted by molar-refractivity contribution is 6.28. The number of nitrogens with zero attached hydrogens (tertiary/aromatic N) is 4. The Bertz CT molecular complexity index is 963. The Kier molecular flexibility index (Phi) is 5.62. The van der Waals surface area contributed by atoms with Gasteiger partial charge in [0.25, 0.3) is 5.91 Å². The molecule has 0 atom stereocenters. The molecule has 0 bridgehead atoms. The molecule has 1 aliphatic carbocycles. The van der Waals surface area contributed by atoms with Gasteiger partial charge in [0.2, 0.25) is 5.28 Å². The van der Waals surface area contributed by atoms with Gasteiger partial charge in [-0.05, 0) is 42.5 Å². The smallest absolute Gasteiger partial charge is 0.270 e. The van der Waals surface area contributed by atoms with Crippen molar-refractivity contribution in [2.45, 2.75) is 51.6 Å². The van der Waals surface area contributed by atoms with Crippen LogP contribution in [-0.4, -0.2) is 31.9 Å². The molecule has 1 aromatic carbocycles. The minimum absolute atomic E-state index is 0.0479. The maximum Gasteiger partial charge on any atom is 0.270 e. The highest BCUT2D eigenvalue weighted by Crippen LogP contribution is 2.35. The fourth-order valence-electron chi connectivity index (χ4n) is 4.17. The van der Waals surface area contributed by atoms with Crippen molar-refractivity contribution < 1.29 is 4.79 Å². The highest BCUT2D eigenvalue weighted by atomic mass is 35.5. The lowest BCUT2D eigenvalue weighted by molar-refractivity contribution is 0.0730. The second kappa shape index (κ2) is 8.31. The van der Waals surface area contributed by atoms with E-state index in [4.69, 9.17) is 11.6 Å². The highest BCUT2D eigenvalue weighted by Gasteiger charge is 2.28. The molecule has 5 nitrogen and oxygen atoms in total. The third-order valence-corrected chi connectivity index (χ3v) is 5.63. The molecule has 0 N–H and O–H groups in total. The van der Waals surface area contributed by atoms with Crippen molar-refractivity contribution in [1.82, 2.24) is 19.4 Å². The lowest BCUT2D eigenvalue weighted by atomic mass is 10.2. The average Bonchev–Trinajstić information content (AvgIpc) is 3.35. The summed E-state index contributed by atoms with van der Waals surface area (Å²) >= 11 is 6.07. The third-order valence-electron chi connectivity index (χ3n) is 5.45. The van der Waals surface area contributed by atoms with Gasteiger partial charge >= 0.3 is 0 Å². The lowest BCUT2D eigenvalue weighted by Gasteiger charge is -2.24. The van der Waals surface area contributed by atoms with Crippen LogP contribution in [0.1, 0.15) is 61.1 Å². The molecule has 28 heavy (non-hydrogen) atoms. The lowest BCUT2D eigenvalue weighted by Crippen LogP contribution is -2.33. The van der Waals surface area contributed by atoms with E-state index in [2.05, 4.69) is 33.6 Å². The maximum absolute atomic E-state index is 13.6. The standard InChI is InChI=1S/C22H25ClN4O/c1-2-12-26(15-16-8-4-3-5-9-16)21(28)19-13-17-14-24-22(23)25-20(17)27(19)18-10-6-7-11-18/h3-5,8-9,13-14,18H,2,6-7,10-12,15H2,1H3. The topological polar surface area (TPSA) is 51.0 Å². The molecule has 1 saturated carbocycles. The van der Waals surface area contributed by atoms with E-state index >= 15 is 0 Å². The molecular weight excluding hydrogens is 372 g/mol. The summed E-state index contributed by atoms with van der Waals surface area (Å²) in [5.41, 5.74) is 2.60. The van der Waals surface area contributed by atoms with Crippen molar-refractivity contribution in [1.29, 1.82) is 0 Å². The van der Waals surface area contributed by atoms with Gasteiger partial charge in [-0.15, -0.1) is 0 Å². The molecule has 1 aliphatic rings. The summed E-state index contributed by atoms with van der Waals surface area (Å²) in [5, 5.41) is 1.09. The molecule has 1 amide bonds. The van der Waals surface area contributed by atoms with Crippen LogP contribution in [0.25, 0.3) is 11.0 Å². The minimum atomic E-state index is 0.0479. The van der Waals surface area contributed by atoms with Gasteiger partial charge in [0.1, 0.15) is 11.3 Å². The molecule has 3 aromatic rings. The van der Waals surface area contributed by atoms with E-state index in [1.165, 1.54) is 12.8 Å². The van der Waals surface area contributed by atoms with Crippen LogP contribution in [0.2, 0.25) is 5.28 Å². The van der Waals surface area contributed by atoms with Gasteiger partial charge in [-0.3, -0.25) is 4.79 Å². The summed E-state index contributed by atoms with van der Waals surface area (Å²) in [6.45, 7) is 3.42. The van der Waals surface area contributed by atoms with Gasteiger partial charge in [-0.1, -0.05) is 50.1 Å². The van der Waals surface area contributed by atoms with Gasteiger partial charge in [0.15, 0.2) is 0 Å². The summed E-state index contributed by atoms with van der Waals surface area (Å²) in [7, 11) is 0. The Morgan fingerprint density at radius 3 is 2.71 bits per heavy atom. The van der Waals surface area contributed by atoms with Crippen molar-refractivity contribution in [3.63, 3.8) is 0 Å². The third kappa shape index (κ3) is 3.76. The molecule has 0 saturated heterocycles. The first kappa shape index (κ1) is 18.9. The minimum Gasteiger partial charge on any atom is -0.333 e. The van der Waals surface area contributed by atoms with Gasteiger partial charge in [-0.25, -0.2) is 4.98 Å². The van der Waals surface area contributed by atoms with Gasteiger partial charge in [0.05, 0.1) is 0 Å². The molecule has 0 unspecified atom stereocenters. The number of carbonyl (C=O) groups is 1. The molecule has 1 fully saturated rings. The fourth-order valence-corrected chi connectivity index (χ4v) is 4.30. The van der Waals surface area contributed by atoms with Crippen LogP contribution >= 0.6 is 11.6 Å². The van der Waals surface area contributed by atoms with E-state index in [1.54, 1.807) is 6.20 Å². The Labute approximate surface area is 170 Å². The SMILES string of the molecule is CCCN(Cc1ccccc1)C(=O)c1cc2cnc(Cl)nc2n1C1CCCC1. The van der Waals surface area contributed by atoms with Crippen LogP contribution in [-0.2, 0) is 6.54 Å². The van der Waals surface area contributed by atoms with E-state index in [0.29, 0.717) is 24.8 Å². The maximum atomic E-state index is 13.6. The van der Waals surface area contributed by atoms with Crippen molar-refractivity contribution >= 4 is 28.5 Å². The summed E-state index contributed by atoms with van der Waals surface area (Å²) in [6, 6.07) is 12.4. The predicted molar refractivity (Wildman–Crippen MR) is 112 cm³/mol. The van der Waals surface area contributed by atoms with Crippen LogP contribution < -0.4 is 0 Å². The zero-order valence-electron chi connectivity index (χ0n) is 16.1. The van der Waals surface area contributed by atoms with E-state index in [1.807, 2.05) is 29.2 Å². The normalized spacial score (nSPS) is 14.6. The van der Waals surface area contributed by atoms with E-state index in [0.717, 1.165) is 35.9 Å². The van der Waals surface area contributed by atoms with Crippen LogP contribution in [0.15, 0.2) is 42.6 Å². The van der Waals surface area contributed by atoms with Crippen LogP contribution in [0.3, 0.4) is 0 Å². The van der Waals surface area contributed by atoms with E-state index < -0.39 is 0 Å². The number of hydrogen-bond donors (Lipinski definition) is 0. The molecule has 2 heterocycles. The zero-order chi connectivity index (χ0) is 19.5. The summed E-state index contributed by atoms with van der Waals surface area (Å²) in [6.07, 6.45) is 7.12. The number of carbonyl (C=O) groups excluding carboxylic acids is 1. The Morgan fingerprint density at radius 2 is 2.00 bits per heavy atom. The number of halogens is 1. The summed E-state index contributed by atoms with van der Waals surface area (Å²) in [5.74, 6) is 0.0479. The first-order valence-electron chi connectivity index (χ1n) is 10.0. The first-order valence-corrected chi connectivity index (χ1v) is 10.4. The molecule has 0 aliphatic heterocycles. The fraction of sp³-hybridized carbons (Fsp3) is 0.409. The van der Waals surface area contributed by atoms with Gasteiger partial charge in [-0.2, -0.15) is 4.98 Å². The molecule has 2 aromatic heterocycles. The molecule has 146 valence electrons. The number of benzene rings is 1. The zero-order valence-corrected chi connectivity index (χ0v) is 16.9. The average molecular weight is 397 g/mol. The van der Waals surface area contributed by atoms with Crippen LogP contribution in [0.5, 0.6) is 0 Å². The van der Waals surface area contributed by atoms with Crippen molar-refractivity contribution in [2.75, 3.05) is 6.54 Å². The number of hydrogen-bond acceptors (Lipinski definition) is 3. The van der Waals surface area contributed by atoms with Crippen LogP contribution in [0.4, 0.5) is 0 Å². The van der Waals surface area contributed by atoms with E-state index in [9.17, 15) is 4.79 Å². The number of aromatic nitrogens is 3. The van der Waals surface area contributed by atoms with Crippen LogP contribution in [0, 0.1) is 0 Å².